The third kappa shape index (κ3) is 3.74. The van der Waals surface area contributed by atoms with Crippen molar-refractivity contribution in [3.05, 3.63) is 20.9 Å². The molecule has 0 aliphatic heterocycles. The Kier molecular flexibility index (Phi) is 5.77. The fourth-order valence-corrected chi connectivity index (χ4v) is 2.39. The van der Waals surface area contributed by atoms with Crippen LogP contribution in [0.5, 0.6) is 0 Å². The molecule has 0 aromatic carbocycles. The summed E-state index contributed by atoms with van der Waals surface area (Å²) in [6.45, 7) is 1.47. The van der Waals surface area contributed by atoms with Crippen LogP contribution in [-0.4, -0.2) is 15.0 Å². The minimum Gasteiger partial charge on any atom is -0.354 e. The molecule has 1 atom stereocenters. The van der Waals surface area contributed by atoms with E-state index in [0.717, 1.165) is 0 Å². The molecule has 0 saturated heterocycles. The molecular formula is C9H6Cl6N2O. The van der Waals surface area contributed by atoms with E-state index in [0.29, 0.717) is 0 Å². The summed E-state index contributed by atoms with van der Waals surface area (Å²) in [5.41, 5.74) is 0.0765. The molecule has 0 amide bonds. The summed E-state index contributed by atoms with van der Waals surface area (Å²) in [5.74, 6) is 0. The molecule has 9 heteroatoms. The second-order valence-electron chi connectivity index (χ2n) is 3.28. The molecule has 3 nitrogen and oxygen atoms in total. The Hall–Kier alpha value is 0.470. The summed E-state index contributed by atoms with van der Waals surface area (Å²) in [6, 6.07) is 1.85. The summed E-state index contributed by atoms with van der Waals surface area (Å²) in [4.78, 5) is 0. The van der Waals surface area contributed by atoms with Gasteiger partial charge in [0.25, 0.3) is 0 Å². The Labute approximate surface area is 134 Å². The summed E-state index contributed by atoms with van der Waals surface area (Å²) in [5, 5.41) is 9.11. The van der Waals surface area contributed by atoms with Crippen molar-refractivity contribution in [1.82, 2.24) is 4.57 Å². The van der Waals surface area contributed by atoms with Gasteiger partial charge in [-0.15, -0.1) is 0 Å². The Bertz CT molecular complexity index is 487. The van der Waals surface area contributed by atoms with Crippen molar-refractivity contribution in [3.8, 4) is 6.07 Å². The van der Waals surface area contributed by atoms with Crippen molar-refractivity contribution in [2.24, 2.45) is 0 Å². The van der Waals surface area contributed by atoms with Gasteiger partial charge in [-0.3, -0.25) is 4.57 Å². The lowest BCUT2D eigenvalue weighted by molar-refractivity contribution is 0.0200. The van der Waals surface area contributed by atoms with Crippen LogP contribution in [0, 0.1) is 11.3 Å². The number of hydrogen-bond acceptors (Lipinski definition) is 2. The van der Waals surface area contributed by atoms with Crippen LogP contribution in [0.1, 0.15) is 18.7 Å². The maximum absolute atomic E-state index is 8.88. The minimum atomic E-state index is -1.55. The van der Waals surface area contributed by atoms with E-state index in [1.807, 2.05) is 6.07 Å². The van der Waals surface area contributed by atoms with Gasteiger partial charge in [-0.2, -0.15) is 5.26 Å². The highest BCUT2D eigenvalue weighted by Gasteiger charge is 2.26. The Morgan fingerprint density at radius 1 is 1.28 bits per heavy atom. The fraction of sp³-hybridized carbons (Fsp3) is 0.444. The highest BCUT2D eigenvalue weighted by molar-refractivity contribution is 6.67. The van der Waals surface area contributed by atoms with Gasteiger partial charge in [0.15, 0.2) is 0 Å². The van der Waals surface area contributed by atoms with E-state index < -0.39 is 10.0 Å². The molecule has 0 aliphatic carbocycles. The maximum Gasteiger partial charge on any atom is 0.213 e. The van der Waals surface area contributed by atoms with E-state index in [1.54, 1.807) is 6.92 Å². The summed E-state index contributed by atoms with van der Waals surface area (Å²) in [6.07, 6.45) is -0.639. The van der Waals surface area contributed by atoms with E-state index in [9.17, 15) is 0 Å². The highest BCUT2D eigenvalue weighted by Crippen LogP contribution is 2.38. The lowest BCUT2D eigenvalue weighted by Gasteiger charge is -2.20. The zero-order valence-electron chi connectivity index (χ0n) is 8.85. The summed E-state index contributed by atoms with van der Waals surface area (Å²) in [7, 11) is 0. The SMILES string of the molecule is CC(OCC(Cl)(Cl)Cl)n1c(Cl)c(Cl)c(C#N)c1Cl. The van der Waals surface area contributed by atoms with Gasteiger partial charge < -0.3 is 4.74 Å². The van der Waals surface area contributed by atoms with Crippen LogP contribution in [-0.2, 0) is 4.74 Å². The molecule has 1 aromatic heterocycles. The molecule has 0 fully saturated rings. The number of rotatable bonds is 3. The van der Waals surface area contributed by atoms with Crippen LogP contribution < -0.4 is 0 Å². The highest BCUT2D eigenvalue weighted by atomic mass is 35.6. The zero-order chi connectivity index (χ0) is 14.1. The molecular weight excluding hydrogens is 365 g/mol. The average molecular weight is 371 g/mol. The minimum absolute atomic E-state index is 0.0634. The normalized spacial score (nSPS) is 13.4. The van der Waals surface area contributed by atoms with E-state index >= 15 is 0 Å². The van der Waals surface area contributed by atoms with E-state index in [2.05, 4.69) is 0 Å². The second kappa shape index (κ2) is 6.28. The summed E-state index contributed by atoms with van der Waals surface area (Å²) < 4.78 is 5.08. The maximum atomic E-state index is 8.88. The van der Waals surface area contributed by atoms with Crippen molar-refractivity contribution >= 4 is 69.6 Å². The number of nitriles is 1. The average Bonchev–Trinajstić information content (AvgIpc) is 2.46. The Morgan fingerprint density at radius 3 is 2.22 bits per heavy atom. The van der Waals surface area contributed by atoms with E-state index in [-0.39, 0.29) is 27.5 Å². The van der Waals surface area contributed by atoms with Gasteiger partial charge in [0.1, 0.15) is 28.2 Å². The predicted molar refractivity (Wildman–Crippen MR) is 75.1 cm³/mol. The molecule has 1 heterocycles. The Balaban J connectivity index is 3.01. The number of hydrogen-bond donors (Lipinski definition) is 0. The van der Waals surface area contributed by atoms with Gasteiger partial charge in [0, 0.05) is 0 Å². The van der Waals surface area contributed by atoms with Crippen LogP contribution in [0.2, 0.25) is 15.3 Å². The van der Waals surface area contributed by atoms with E-state index in [4.69, 9.17) is 79.6 Å². The number of alkyl halides is 3. The predicted octanol–water partition coefficient (Wildman–Crippen LogP) is 5.23. The molecule has 0 saturated carbocycles. The van der Waals surface area contributed by atoms with Gasteiger partial charge in [0.05, 0.1) is 11.6 Å². The molecule has 0 N–H and O–H groups in total. The first-order valence-corrected chi connectivity index (χ1v) is 6.79. The first-order valence-electron chi connectivity index (χ1n) is 4.52. The first kappa shape index (κ1) is 16.5. The van der Waals surface area contributed by atoms with Crippen molar-refractivity contribution in [2.45, 2.75) is 16.9 Å². The fourth-order valence-electron chi connectivity index (χ4n) is 1.21. The number of ether oxygens (including phenoxy) is 1. The van der Waals surface area contributed by atoms with Gasteiger partial charge >= 0.3 is 0 Å². The molecule has 0 radical (unpaired) electrons. The monoisotopic (exact) mass is 368 g/mol. The lowest BCUT2D eigenvalue weighted by Crippen LogP contribution is -2.18. The summed E-state index contributed by atoms with van der Waals surface area (Å²) >= 11 is 34.5. The quantitative estimate of drug-likeness (QED) is 0.683. The zero-order valence-corrected chi connectivity index (χ0v) is 13.4. The molecule has 1 aromatic rings. The molecule has 100 valence electrons. The second-order valence-corrected chi connectivity index (χ2v) is 6.89. The van der Waals surface area contributed by atoms with E-state index in [1.165, 1.54) is 4.57 Å². The van der Waals surface area contributed by atoms with Gasteiger partial charge in [-0.05, 0) is 6.92 Å². The van der Waals surface area contributed by atoms with Gasteiger partial charge in [-0.1, -0.05) is 69.6 Å². The van der Waals surface area contributed by atoms with Gasteiger partial charge in [-0.25, -0.2) is 0 Å². The molecule has 0 bridgehead atoms. The first-order chi connectivity index (χ1) is 8.19. The van der Waals surface area contributed by atoms with Crippen molar-refractivity contribution in [3.63, 3.8) is 0 Å². The van der Waals surface area contributed by atoms with Crippen LogP contribution in [0.15, 0.2) is 0 Å². The third-order valence-electron chi connectivity index (χ3n) is 1.99. The molecule has 1 rings (SSSR count). The van der Waals surface area contributed by atoms with Crippen molar-refractivity contribution in [2.75, 3.05) is 6.61 Å². The molecule has 18 heavy (non-hydrogen) atoms. The van der Waals surface area contributed by atoms with Crippen LogP contribution >= 0.6 is 69.6 Å². The topological polar surface area (TPSA) is 38.0 Å². The number of nitrogens with zero attached hydrogens (tertiary/aromatic N) is 2. The van der Waals surface area contributed by atoms with Crippen LogP contribution in [0.3, 0.4) is 0 Å². The molecule has 0 spiro atoms. The standard InChI is InChI=1S/C9H6Cl6N2O/c1-4(18-3-9(13,14)15)17-7(11)5(2-16)6(10)8(17)12/h4H,3H2,1H3. The van der Waals surface area contributed by atoms with Crippen LogP contribution in [0.25, 0.3) is 0 Å². The third-order valence-corrected chi connectivity index (χ3v) is 3.53. The number of aromatic nitrogens is 1. The van der Waals surface area contributed by atoms with Gasteiger partial charge in [0.2, 0.25) is 3.79 Å². The number of halogens is 6. The smallest absolute Gasteiger partial charge is 0.213 e. The lowest BCUT2D eigenvalue weighted by atomic mass is 10.4. The molecule has 0 aliphatic rings. The largest absolute Gasteiger partial charge is 0.354 e. The van der Waals surface area contributed by atoms with Crippen LogP contribution in [0.4, 0.5) is 0 Å². The molecule has 1 unspecified atom stereocenters. The Morgan fingerprint density at radius 2 is 1.83 bits per heavy atom. The van der Waals surface area contributed by atoms with Crippen molar-refractivity contribution in [1.29, 1.82) is 5.26 Å². The van der Waals surface area contributed by atoms with Crippen molar-refractivity contribution < 1.29 is 4.74 Å².